The molecule has 0 spiro atoms. The molecule has 0 aromatic carbocycles. The minimum atomic E-state index is -0.846. The number of ketones is 1. The molecule has 1 N–H and O–H groups in total. The number of aliphatic hydroxyl groups is 1. The van der Waals surface area contributed by atoms with Crippen LogP contribution in [0.5, 0.6) is 0 Å². The van der Waals surface area contributed by atoms with Gasteiger partial charge in [-0.25, -0.2) is 0 Å². The van der Waals surface area contributed by atoms with Crippen molar-refractivity contribution in [1.82, 2.24) is 0 Å². The summed E-state index contributed by atoms with van der Waals surface area (Å²) < 4.78 is 29.6. The Bertz CT molecular complexity index is 768. The Labute approximate surface area is 232 Å². The zero-order chi connectivity index (χ0) is 27.4. The highest BCUT2D eigenvalue weighted by Gasteiger charge is 2.50. The van der Waals surface area contributed by atoms with Crippen molar-refractivity contribution in [3.63, 3.8) is 0 Å². The van der Waals surface area contributed by atoms with Crippen LogP contribution in [0.1, 0.15) is 73.6 Å². The number of carbonyl (C=O) groups excluding carboxylic acids is 1. The summed E-state index contributed by atoms with van der Waals surface area (Å²) in [5.41, 5.74) is 0. The summed E-state index contributed by atoms with van der Waals surface area (Å²) in [5.74, 6) is 0.853. The molecule has 0 bridgehead atoms. The highest BCUT2D eigenvalue weighted by Crippen LogP contribution is 2.49. The van der Waals surface area contributed by atoms with E-state index in [2.05, 4.69) is 13.5 Å². The second-order valence-electron chi connectivity index (χ2n) is 11.6. The summed E-state index contributed by atoms with van der Waals surface area (Å²) in [6.07, 6.45) is 3.20. The van der Waals surface area contributed by atoms with Crippen LogP contribution in [-0.2, 0) is 28.5 Å². The van der Waals surface area contributed by atoms with Crippen molar-refractivity contribution in [2.45, 2.75) is 120 Å². The molecule has 9 heteroatoms. The van der Waals surface area contributed by atoms with Crippen LogP contribution in [-0.4, -0.2) is 82.3 Å². The first-order chi connectivity index (χ1) is 17.3. The molecular formula is C28H48O7S2. The topological polar surface area (TPSA) is 83.5 Å². The fourth-order valence-electron chi connectivity index (χ4n) is 5.49. The normalized spacial score (nSPS) is 32.3. The van der Waals surface area contributed by atoms with E-state index in [9.17, 15) is 9.90 Å². The summed E-state index contributed by atoms with van der Waals surface area (Å²) in [5, 5.41) is 10.9. The summed E-state index contributed by atoms with van der Waals surface area (Å²) in [6.45, 7) is 16.2. The van der Waals surface area contributed by atoms with Crippen LogP contribution in [0.2, 0.25) is 0 Å². The van der Waals surface area contributed by atoms with E-state index < -0.39 is 34.0 Å². The van der Waals surface area contributed by atoms with E-state index >= 15 is 0 Å². The molecule has 37 heavy (non-hydrogen) atoms. The molecule has 214 valence electrons. The molecule has 0 aliphatic carbocycles. The van der Waals surface area contributed by atoms with Crippen LogP contribution in [0.25, 0.3) is 0 Å². The number of carbonyl (C=O) groups is 1. The van der Waals surface area contributed by atoms with E-state index in [1.807, 2.05) is 34.6 Å². The minimum Gasteiger partial charge on any atom is -0.390 e. The van der Waals surface area contributed by atoms with E-state index in [-0.39, 0.29) is 29.8 Å². The highest BCUT2D eigenvalue weighted by molar-refractivity contribution is 8.19. The van der Waals surface area contributed by atoms with Crippen LogP contribution < -0.4 is 0 Å². The number of hydrogen-bond donors (Lipinski definition) is 1. The van der Waals surface area contributed by atoms with Gasteiger partial charge in [-0.2, -0.15) is 0 Å². The van der Waals surface area contributed by atoms with Crippen LogP contribution >= 0.6 is 23.5 Å². The predicted octanol–water partition coefficient (Wildman–Crippen LogP) is 5.19. The van der Waals surface area contributed by atoms with Gasteiger partial charge in [-0.1, -0.05) is 19.9 Å². The number of hydrogen-bond acceptors (Lipinski definition) is 9. The third-order valence-electron chi connectivity index (χ3n) is 7.63. The van der Waals surface area contributed by atoms with Gasteiger partial charge in [0, 0.05) is 19.4 Å². The molecule has 0 aromatic heterocycles. The average molecular weight is 561 g/mol. The highest BCUT2D eigenvalue weighted by atomic mass is 32.2. The lowest BCUT2D eigenvalue weighted by Gasteiger charge is -2.42. The van der Waals surface area contributed by atoms with Crippen molar-refractivity contribution in [3.8, 4) is 0 Å². The number of methoxy groups -OCH3 is 1. The average Bonchev–Trinajstić information content (AvgIpc) is 3.18. The summed E-state index contributed by atoms with van der Waals surface area (Å²) >= 11 is 3.59. The molecule has 3 heterocycles. The molecule has 0 amide bonds. The molecule has 0 saturated carbocycles. The summed E-state index contributed by atoms with van der Waals surface area (Å²) in [4.78, 5) is 13.9. The predicted molar refractivity (Wildman–Crippen MR) is 150 cm³/mol. The Morgan fingerprint density at radius 3 is 2.35 bits per heavy atom. The Morgan fingerprint density at radius 2 is 1.76 bits per heavy atom. The monoisotopic (exact) mass is 560 g/mol. The molecule has 0 radical (unpaired) electrons. The Hall–Kier alpha value is -0.130. The van der Waals surface area contributed by atoms with E-state index in [1.165, 1.54) is 0 Å². The van der Waals surface area contributed by atoms with Gasteiger partial charge >= 0.3 is 0 Å². The largest absolute Gasteiger partial charge is 0.390 e. The van der Waals surface area contributed by atoms with Crippen molar-refractivity contribution < 1.29 is 33.6 Å². The van der Waals surface area contributed by atoms with Crippen molar-refractivity contribution in [2.75, 3.05) is 25.2 Å². The third kappa shape index (κ3) is 7.97. The first-order valence-corrected chi connectivity index (χ1v) is 15.6. The molecule has 0 unspecified atom stereocenters. The lowest BCUT2D eigenvalue weighted by atomic mass is 9.90. The first kappa shape index (κ1) is 31.4. The quantitative estimate of drug-likeness (QED) is 0.324. The Kier molecular flexibility index (Phi) is 11.1. The van der Waals surface area contributed by atoms with Gasteiger partial charge in [0.2, 0.25) is 0 Å². The maximum absolute atomic E-state index is 13.9. The maximum Gasteiger partial charge on any atom is 0.164 e. The zero-order valence-electron chi connectivity index (χ0n) is 23.7. The molecule has 3 saturated heterocycles. The first-order valence-electron chi connectivity index (χ1n) is 13.6. The van der Waals surface area contributed by atoms with Crippen LogP contribution in [0.15, 0.2) is 12.7 Å². The van der Waals surface area contributed by atoms with Crippen LogP contribution in [0, 0.1) is 11.8 Å². The van der Waals surface area contributed by atoms with E-state index in [0.29, 0.717) is 19.4 Å². The number of rotatable bonds is 12. The molecule has 3 rings (SSSR count). The van der Waals surface area contributed by atoms with Crippen molar-refractivity contribution in [3.05, 3.63) is 12.7 Å². The maximum atomic E-state index is 13.9. The second kappa shape index (κ2) is 13.0. The number of thioether (sulfide) groups is 2. The number of ether oxygens (including phenoxy) is 5. The zero-order valence-corrected chi connectivity index (χ0v) is 25.3. The molecule has 7 atom stereocenters. The summed E-state index contributed by atoms with van der Waals surface area (Å²) in [6, 6.07) is 0. The lowest BCUT2D eigenvalue weighted by Crippen LogP contribution is -2.46. The van der Waals surface area contributed by atoms with Crippen LogP contribution in [0.3, 0.4) is 0 Å². The van der Waals surface area contributed by atoms with E-state index in [1.54, 1.807) is 36.7 Å². The van der Waals surface area contributed by atoms with Gasteiger partial charge in [-0.15, -0.1) is 30.1 Å². The second-order valence-corrected chi connectivity index (χ2v) is 14.6. The van der Waals surface area contributed by atoms with Gasteiger partial charge in [0.1, 0.15) is 16.3 Å². The van der Waals surface area contributed by atoms with Crippen molar-refractivity contribution in [1.29, 1.82) is 0 Å². The fourth-order valence-corrected chi connectivity index (χ4v) is 9.03. The summed E-state index contributed by atoms with van der Waals surface area (Å²) in [7, 11) is 1.64. The smallest absolute Gasteiger partial charge is 0.164 e. The van der Waals surface area contributed by atoms with Gasteiger partial charge in [-0.05, 0) is 70.8 Å². The molecule has 7 nitrogen and oxygen atoms in total. The molecule has 3 aliphatic rings. The molecular weight excluding hydrogens is 512 g/mol. The molecule has 3 aliphatic heterocycles. The van der Waals surface area contributed by atoms with Crippen molar-refractivity contribution in [2.24, 2.45) is 11.8 Å². The number of Topliss-reactive ketones (excluding diaryl/α,β-unsaturated/α-hetero) is 1. The minimum absolute atomic E-state index is 0.0728. The lowest BCUT2D eigenvalue weighted by molar-refractivity contribution is -0.281. The van der Waals surface area contributed by atoms with Crippen LogP contribution in [0.4, 0.5) is 0 Å². The van der Waals surface area contributed by atoms with Gasteiger partial charge in [0.25, 0.3) is 0 Å². The Morgan fingerprint density at radius 1 is 1.11 bits per heavy atom. The third-order valence-corrected chi connectivity index (χ3v) is 11.0. The SMILES string of the molecule is C=C[C@@H](C)[C@@H](O)[C@H]1OC(C)(C)O[C@@H]1[C@@H](CCC(=O)C1(C[C@@H](C)[C@@H]2CCOC(C)(C)O2)SCCCS1)OC. The number of aliphatic hydroxyl groups excluding tert-OH is 1. The van der Waals surface area contributed by atoms with Gasteiger partial charge in [0.05, 0.1) is 24.9 Å². The Balaban J connectivity index is 1.69. The molecule has 3 fully saturated rings. The van der Waals surface area contributed by atoms with E-state index in [4.69, 9.17) is 23.7 Å². The van der Waals surface area contributed by atoms with Gasteiger partial charge < -0.3 is 28.8 Å². The molecule has 0 aromatic rings. The van der Waals surface area contributed by atoms with Gasteiger partial charge in [0.15, 0.2) is 17.4 Å². The van der Waals surface area contributed by atoms with E-state index in [0.717, 1.165) is 30.8 Å². The fraction of sp³-hybridized carbons (Fsp3) is 0.893. The standard InChI is InChI=1S/C28H48O7S2/c1-9-18(2)23(30)25-24(34-27(6,7)35-25)21(31-8)11-12-22(29)28(36-15-10-16-37-28)17-19(3)20-13-14-32-26(4,5)33-20/h9,18-21,23-25,30H,1,10-17H2,2-8H3/t18-,19-,20+,21-,23-,24-,25-/m1/s1. The van der Waals surface area contributed by atoms with Crippen molar-refractivity contribution >= 4 is 29.3 Å². The van der Waals surface area contributed by atoms with Gasteiger partial charge in [-0.3, -0.25) is 4.79 Å².